The Balaban J connectivity index is 0.00000225. The minimum Gasteiger partial charge on any atom is -0.464 e. The van der Waals surface area contributed by atoms with Crippen molar-refractivity contribution in [3.8, 4) is 0 Å². The summed E-state index contributed by atoms with van der Waals surface area (Å²) in [6.45, 7) is 1.91. The fourth-order valence-corrected chi connectivity index (χ4v) is 1.05. The molecule has 6 heteroatoms. The number of benzene rings is 1. The van der Waals surface area contributed by atoms with Gasteiger partial charge in [0.15, 0.2) is 0 Å². The van der Waals surface area contributed by atoms with Gasteiger partial charge in [0.1, 0.15) is 12.4 Å². The van der Waals surface area contributed by atoms with E-state index >= 15 is 0 Å². The number of hydrazine groups is 1. The highest BCUT2D eigenvalue weighted by molar-refractivity contribution is 5.85. The number of hydrogen-bond acceptors (Lipinski definition) is 4. The topological polar surface area (TPSA) is 55.6 Å². The number of halogens is 2. The summed E-state index contributed by atoms with van der Waals surface area (Å²) in [5.74, 6) is 4.99. The van der Waals surface area contributed by atoms with Gasteiger partial charge in [0, 0.05) is 6.92 Å². The smallest absolute Gasteiger partial charge is 0.302 e. The van der Waals surface area contributed by atoms with Crippen LogP contribution in [0.15, 0.2) is 24.3 Å². The van der Waals surface area contributed by atoms with E-state index in [0.717, 1.165) is 0 Å². The van der Waals surface area contributed by atoms with Crippen LogP contribution in [-0.2, 0) is 9.53 Å². The van der Waals surface area contributed by atoms with Crippen molar-refractivity contribution in [2.24, 2.45) is 5.84 Å². The molecule has 0 spiro atoms. The second-order valence-corrected chi connectivity index (χ2v) is 3.01. The van der Waals surface area contributed by atoms with E-state index in [9.17, 15) is 9.18 Å². The Morgan fingerprint density at radius 3 is 2.50 bits per heavy atom. The van der Waals surface area contributed by atoms with Gasteiger partial charge in [-0.1, -0.05) is 0 Å². The number of hydrogen-bond donors (Lipinski definition) is 1. The molecule has 0 unspecified atom stereocenters. The number of carbonyl (C=O) groups excluding carboxylic acids is 1. The summed E-state index contributed by atoms with van der Waals surface area (Å²) in [5, 5.41) is 1.39. The molecular formula is C10H14ClFN2O2. The third kappa shape index (κ3) is 4.95. The van der Waals surface area contributed by atoms with Crippen molar-refractivity contribution in [2.45, 2.75) is 6.92 Å². The van der Waals surface area contributed by atoms with Crippen molar-refractivity contribution in [1.29, 1.82) is 0 Å². The second-order valence-electron chi connectivity index (χ2n) is 3.01. The van der Waals surface area contributed by atoms with Gasteiger partial charge in [-0.15, -0.1) is 12.4 Å². The Morgan fingerprint density at radius 2 is 2.00 bits per heavy atom. The zero-order valence-corrected chi connectivity index (χ0v) is 9.67. The van der Waals surface area contributed by atoms with Crippen LogP contribution in [0, 0.1) is 5.82 Å². The normalized spacial score (nSPS) is 9.19. The van der Waals surface area contributed by atoms with Gasteiger partial charge >= 0.3 is 5.97 Å². The van der Waals surface area contributed by atoms with Gasteiger partial charge < -0.3 is 9.75 Å². The Hall–Kier alpha value is -1.33. The summed E-state index contributed by atoms with van der Waals surface area (Å²) in [7, 11) is 0. The molecule has 0 heterocycles. The van der Waals surface area contributed by atoms with Crippen LogP contribution >= 0.6 is 12.4 Å². The monoisotopic (exact) mass is 248 g/mol. The van der Waals surface area contributed by atoms with Gasteiger partial charge in [-0.05, 0) is 24.3 Å². The molecule has 1 aromatic rings. The van der Waals surface area contributed by atoms with Crippen LogP contribution in [0.2, 0.25) is 0 Å². The molecule has 0 atom stereocenters. The molecule has 0 aromatic heterocycles. The van der Waals surface area contributed by atoms with Crippen molar-refractivity contribution in [2.75, 3.05) is 18.2 Å². The second kappa shape index (κ2) is 7.03. The van der Waals surface area contributed by atoms with E-state index in [1.165, 1.54) is 24.1 Å². The lowest BCUT2D eigenvalue weighted by atomic mass is 10.3. The summed E-state index contributed by atoms with van der Waals surface area (Å²) in [6, 6.07) is 5.76. The van der Waals surface area contributed by atoms with Gasteiger partial charge in [-0.3, -0.25) is 4.79 Å². The number of anilines is 1. The minimum absolute atomic E-state index is 0. The fraction of sp³-hybridized carbons (Fsp3) is 0.300. The summed E-state index contributed by atoms with van der Waals surface area (Å²) in [5.41, 5.74) is 0.670. The van der Waals surface area contributed by atoms with E-state index in [2.05, 4.69) is 0 Å². The molecule has 0 fully saturated rings. The average molecular weight is 249 g/mol. The van der Waals surface area contributed by atoms with Crippen LogP contribution in [0.4, 0.5) is 10.1 Å². The lowest BCUT2D eigenvalue weighted by Crippen LogP contribution is -2.34. The zero-order chi connectivity index (χ0) is 11.3. The predicted molar refractivity (Wildman–Crippen MR) is 61.8 cm³/mol. The van der Waals surface area contributed by atoms with Crippen molar-refractivity contribution in [3.05, 3.63) is 30.1 Å². The average Bonchev–Trinajstić information content (AvgIpc) is 2.18. The van der Waals surface area contributed by atoms with E-state index < -0.39 is 0 Å². The van der Waals surface area contributed by atoms with Crippen LogP contribution in [0.5, 0.6) is 0 Å². The maximum absolute atomic E-state index is 12.6. The SMILES string of the molecule is CC(=O)OCCN(N)c1ccc(F)cc1.Cl. The first-order valence-electron chi connectivity index (χ1n) is 4.51. The third-order valence-corrected chi connectivity index (χ3v) is 1.80. The summed E-state index contributed by atoms with van der Waals surface area (Å²) in [4.78, 5) is 10.5. The maximum Gasteiger partial charge on any atom is 0.302 e. The first-order valence-corrected chi connectivity index (χ1v) is 4.51. The van der Waals surface area contributed by atoms with E-state index in [0.29, 0.717) is 12.2 Å². The first kappa shape index (κ1) is 14.7. The van der Waals surface area contributed by atoms with Crippen LogP contribution in [0.25, 0.3) is 0 Å². The maximum atomic E-state index is 12.6. The zero-order valence-electron chi connectivity index (χ0n) is 8.85. The van der Waals surface area contributed by atoms with Crippen molar-refractivity contribution < 1.29 is 13.9 Å². The molecule has 0 radical (unpaired) electrons. The van der Waals surface area contributed by atoms with Gasteiger partial charge in [-0.2, -0.15) is 0 Å². The molecular weight excluding hydrogens is 235 g/mol. The van der Waals surface area contributed by atoms with Gasteiger partial charge in [-0.25, -0.2) is 10.2 Å². The van der Waals surface area contributed by atoms with E-state index in [-0.39, 0.29) is 30.8 Å². The number of rotatable bonds is 4. The fourth-order valence-electron chi connectivity index (χ4n) is 1.05. The standard InChI is InChI=1S/C10H13FN2O2.ClH/c1-8(14)15-7-6-13(12)10-4-2-9(11)3-5-10;/h2-5H,6-7,12H2,1H3;1H. The Morgan fingerprint density at radius 1 is 1.44 bits per heavy atom. The highest BCUT2D eigenvalue weighted by Crippen LogP contribution is 2.10. The Kier molecular flexibility index (Phi) is 6.44. The predicted octanol–water partition coefficient (Wildman–Crippen LogP) is 1.49. The molecule has 1 rings (SSSR count). The molecule has 16 heavy (non-hydrogen) atoms. The summed E-state index contributed by atoms with van der Waals surface area (Å²) >= 11 is 0. The molecule has 0 amide bonds. The molecule has 2 N–H and O–H groups in total. The lowest BCUT2D eigenvalue weighted by Gasteiger charge is -2.18. The lowest BCUT2D eigenvalue weighted by molar-refractivity contribution is -0.140. The molecule has 0 aliphatic carbocycles. The van der Waals surface area contributed by atoms with Crippen molar-refractivity contribution >= 4 is 24.1 Å². The highest BCUT2D eigenvalue weighted by Gasteiger charge is 2.02. The third-order valence-electron chi connectivity index (χ3n) is 1.80. The number of ether oxygens (including phenoxy) is 1. The molecule has 0 aliphatic rings. The van der Waals surface area contributed by atoms with E-state index in [1.54, 1.807) is 12.1 Å². The molecule has 90 valence electrons. The van der Waals surface area contributed by atoms with Gasteiger partial charge in [0.05, 0.1) is 12.2 Å². The van der Waals surface area contributed by atoms with Crippen molar-refractivity contribution in [1.82, 2.24) is 0 Å². The molecule has 4 nitrogen and oxygen atoms in total. The largest absolute Gasteiger partial charge is 0.464 e. The van der Waals surface area contributed by atoms with Crippen LogP contribution < -0.4 is 10.9 Å². The number of esters is 1. The quantitative estimate of drug-likeness (QED) is 0.498. The molecule has 0 saturated heterocycles. The molecule has 0 saturated carbocycles. The van der Waals surface area contributed by atoms with E-state index in [1.807, 2.05) is 0 Å². The minimum atomic E-state index is -0.345. The Bertz CT molecular complexity index is 332. The molecule has 0 aliphatic heterocycles. The number of nitrogens with two attached hydrogens (primary N) is 1. The van der Waals surface area contributed by atoms with Gasteiger partial charge in [0.25, 0.3) is 0 Å². The first-order chi connectivity index (χ1) is 7.09. The number of carbonyl (C=O) groups is 1. The highest BCUT2D eigenvalue weighted by atomic mass is 35.5. The van der Waals surface area contributed by atoms with Crippen LogP contribution in [0.3, 0.4) is 0 Å². The molecule has 0 bridgehead atoms. The Labute approximate surface area is 99.6 Å². The molecule has 1 aromatic carbocycles. The summed E-state index contributed by atoms with van der Waals surface area (Å²) in [6.07, 6.45) is 0. The number of nitrogens with zero attached hydrogens (tertiary/aromatic N) is 1. The van der Waals surface area contributed by atoms with Crippen LogP contribution in [0.1, 0.15) is 6.92 Å². The van der Waals surface area contributed by atoms with Crippen LogP contribution in [-0.4, -0.2) is 19.1 Å². The van der Waals surface area contributed by atoms with Crippen molar-refractivity contribution in [3.63, 3.8) is 0 Å². The summed E-state index contributed by atoms with van der Waals surface area (Å²) < 4.78 is 17.3. The van der Waals surface area contributed by atoms with Gasteiger partial charge in [0.2, 0.25) is 0 Å². The van der Waals surface area contributed by atoms with E-state index in [4.69, 9.17) is 10.6 Å².